The Morgan fingerprint density at radius 3 is 2.69 bits per heavy atom. The zero-order chi connectivity index (χ0) is 11.4. The molecular weight excluding hydrogens is 198 g/mol. The number of nitrogens with zero attached hydrogens (tertiary/aromatic N) is 1. The summed E-state index contributed by atoms with van der Waals surface area (Å²) in [5.41, 5.74) is 4.79. The Labute approximate surface area is 95.9 Å². The highest BCUT2D eigenvalue weighted by Gasteiger charge is 2.06. The fraction of sp³-hybridized carbons (Fsp3) is 0.308. The molecule has 1 aromatic carbocycles. The first-order valence-electron chi connectivity index (χ1n) is 5.61. The van der Waals surface area contributed by atoms with Crippen LogP contribution in [-0.2, 0) is 6.54 Å². The van der Waals surface area contributed by atoms with Gasteiger partial charge in [-0.1, -0.05) is 36.8 Å². The summed E-state index contributed by atoms with van der Waals surface area (Å²) < 4.78 is 0. The molecule has 0 saturated carbocycles. The number of aromatic nitrogens is 2. The molecule has 0 aliphatic carbocycles. The molecule has 2 rings (SSSR count). The Morgan fingerprint density at radius 2 is 2.00 bits per heavy atom. The summed E-state index contributed by atoms with van der Waals surface area (Å²) in [6.07, 6.45) is 1.89. The third-order valence-corrected chi connectivity index (χ3v) is 2.62. The monoisotopic (exact) mass is 215 g/mol. The molecule has 0 aliphatic heterocycles. The smallest absolute Gasteiger partial charge is 0.0695 e. The third kappa shape index (κ3) is 2.31. The van der Waals surface area contributed by atoms with E-state index in [9.17, 15) is 0 Å². The second-order valence-electron chi connectivity index (χ2n) is 3.92. The number of nitrogens with one attached hydrogen (secondary N) is 2. The van der Waals surface area contributed by atoms with Gasteiger partial charge in [-0.25, -0.2) is 0 Å². The van der Waals surface area contributed by atoms with Gasteiger partial charge in [0.25, 0.3) is 0 Å². The summed E-state index contributed by atoms with van der Waals surface area (Å²) in [5, 5.41) is 10.5. The zero-order valence-corrected chi connectivity index (χ0v) is 9.75. The van der Waals surface area contributed by atoms with E-state index in [1.54, 1.807) is 0 Å². The molecular formula is C13H17N3. The van der Waals surface area contributed by atoms with Crippen LogP contribution in [0.1, 0.15) is 18.1 Å². The molecule has 1 heterocycles. The van der Waals surface area contributed by atoms with Gasteiger partial charge in [0.15, 0.2) is 0 Å². The van der Waals surface area contributed by atoms with Crippen LogP contribution in [0, 0.1) is 6.92 Å². The Bertz CT molecular complexity index is 442. The molecule has 3 heteroatoms. The van der Waals surface area contributed by atoms with E-state index in [2.05, 4.69) is 53.6 Å². The maximum Gasteiger partial charge on any atom is 0.0695 e. The van der Waals surface area contributed by atoms with Crippen LogP contribution in [0.3, 0.4) is 0 Å². The van der Waals surface area contributed by atoms with Crippen molar-refractivity contribution in [2.24, 2.45) is 0 Å². The van der Waals surface area contributed by atoms with Gasteiger partial charge >= 0.3 is 0 Å². The molecule has 0 unspecified atom stereocenters. The lowest BCUT2D eigenvalue weighted by Gasteiger charge is -2.04. The van der Waals surface area contributed by atoms with Crippen molar-refractivity contribution in [2.45, 2.75) is 20.4 Å². The minimum absolute atomic E-state index is 0.857. The van der Waals surface area contributed by atoms with Crippen LogP contribution in [0.15, 0.2) is 30.5 Å². The number of H-pyrrole nitrogens is 1. The summed E-state index contributed by atoms with van der Waals surface area (Å²) in [7, 11) is 0. The molecule has 0 radical (unpaired) electrons. The van der Waals surface area contributed by atoms with Gasteiger partial charge in [0.1, 0.15) is 0 Å². The van der Waals surface area contributed by atoms with Crippen LogP contribution in [0.25, 0.3) is 11.3 Å². The Morgan fingerprint density at radius 1 is 1.25 bits per heavy atom. The van der Waals surface area contributed by atoms with Gasteiger partial charge < -0.3 is 5.32 Å². The van der Waals surface area contributed by atoms with Crippen LogP contribution >= 0.6 is 0 Å². The van der Waals surface area contributed by atoms with E-state index in [-0.39, 0.29) is 0 Å². The van der Waals surface area contributed by atoms with Crippen LogP contribution in [0.5, 0.6) is 0 Å². The van der Waals surface area contributed by atoms with Crippen molar-refractivity contribution in [2.75, 3.05) is 6.54 Å². The van der Waals surface area contributed by atoms with Crippen molar-refractivity contribution in [3.05, 3.63) is 41.6 Å². The summed E-state index contributed by atoms with van der Waals surface area (Å²) in [5.74, 6) is 0. The molecule has 0 spiro atoms. The van der Waals surface area contributed by atoms with Gasteiger partial charge in [-0.3, -0.25) is 5.10 Å². The topological polar surface area (TPSA) is 40.7 Å². The Balaban J connectivity index is 2.26. The molecule has 0 saturated heterocycles. The fourth-order valence-electron chi connectivity index (χ4n) is 1.67. The van der Waals surface area contributed by atoms with E-state index in [0.717, 1.165) is 18.8 Å². The van der Waals surface area contributed by atoms with Gasteiger partial charge in [-0.15, -0.1) is 0 Å². The van der Waals surface area contributed by atoms with Crippen LogP contribution in [-0.4, -0.2) is 16.7 Å². The summed E-state index contributed by atoms with van der Waals surface area (Å²) >= 11 is 0. The molecule has 0 amide bonds. The van der Waals surface area contributed by atoms with E-state index in [4.69, 9.17) is 0 Å². The Kier molecular flexibility index (Phi) is 3.37. The van der Waals surface area contributed by atoms with E-state index in [0.29, 0.717) is 0 Å². The minimum atomic E-state index is 0.857. The highest BCUT2D eigenvalue weighted by molar-refractivity contribution is 5.62. The van der Waals surface area contributed by atoms with Crippen LogP contribution in [0.4, 0.5) is 0 Å². The average Bonchev–Trinajstić information content (AvgIpc) is 2.75. The fourth-order valence-corrected chi connectivity index (χ4v) is 1.67. The van der Waals surface area contributed by atoms with Gasteiger partial charge in [-0.2, -0.15) is 5.10 Å². The van der Waals surface area contributed by atoms with Crippen molar-refractivity contribution in [1.29, 1.82) is 0 Å². The van der Waals surface area contributed by atoms with Gasteiger partial charge in [0, 0.05) is 12.1 Å². The number of benzene rings is 1. The van der Waals surface area contributed by atoms with Gasteiger partial charge in [0.05, 0.1) is 11.9 Å². The predicted octanol–water partition coefficient (Wildman–Crippen LogP) is 2.49. The highest BCUT2D eigenvalue weighted by atomic mass is 15.1. The molecule has 2 aromatic rings. The van der Waals surface area contributed by atoms with Crippen molar-refractivity contribution >= 4 is 0 Å². The highest BCUT2D eigenvalue weighted by Crippen LogP contribution is 2.21. The minimum Gasteiger partial charge on any atom is -0.313 e. The van der Waals surface area contributed by atoms with Crippen molar-refractivity contribution < 1.29 is 0 Å². The quantitative estimate of drug-likeness (QED) is 0.822. The second-order valence-corrected chi connectivity index (χ2v) is 3.92. The lowest BCUT2D eigenvalue weighted by molar-refractivity contribution is 0.728. The third-order valence-electron chi connectivity index (χ3n) is 2.62. The first kappa shape index (κ1) is 10.9. The molecule has 0 aliphatic rings. The number of hydrogen-bond donors (Lipinski definition) is 2. The predicted molar refractivity (Wildman–Crippen MR) is 66.1 cm³/mol. The summed E-state index contributed by atoms with van der Waals surface area (Å²) in [4.78, 5) is 0. The first-order valence-corrected chi connectivity index (χ1v) is 5.61. The molecule has 2 N–H and O–H groups in total. The van der Waals surface area contributed by atoms with Gasteiger partial charge in [0.2, 0.25) is 0 Å². The number of aromatic amines is 1. The normalized spacial score (nSPS) is 10.6. The maximum absolute atomic E-state index is 4.11. The lowest BCUT2D eigenvalue weighted by atomic mass is 10.1. The largest absolute Gasteiger partial charge is 0.313 e. The molecule has 3 nitrogen and oxygen atoms in total. The standard InChI is InChI=1S/C13H17N3/c1-3-14-8-12-9-15-16-13(12)11-6-4-10(2)5-7-11/h4-7,9,14H,3,8H2,1-2H3,(H,15,16). The van der Waals surface area contributed by atoms with Gasteiger partial charge in [-0.05, 0) is 19.0 Å². The van der Waals surface area contributed by atoms with E-state index >= 15 is 0 Å². The molecule has 84 valence electrons. The molecule has 1 aromatic heterocycles. The van der Waals surface area contributed by atoms with Crippen molar-refractivity contribution in [1.82, 2.24) is 15.5 Å². The van der Waals surface area contributed by atoms with E-state index in [1.807, 2.05) is 6.20 Å². The first-order chi connectivity index (χ1) is 7.81. The molecule has 16 heavy (non-hydrogen) atoms. The summed E-state index contributed by atoms with van der Waals surface area (Å²) in [6, 6.07) is 8.48. The Hall–Kier alpha value is -1.61. The number of aryl methyl sites for hydroxylation is 1. The lowest BCUT2D eigenvalue weighted by Crippen LogP contribution is -2.11. The van der Waals surface area contributed by atoms with E-state index in [1.165, 1.54) is 16.7 Å². The van der Waals surface area contributed by atoms with Crippen molar-refractivity contribution in [3.63, 3.8) is 0 Å². The number of hydrogen-bond acceptors (Lipinski definition) is 2. The molecule has 0 atom stereocenters. The molecule has 0 fully saturated rings. The molecule has 0 bridgehead atoms. The van der Waals surface area contributed by atoms with Crippen LogP contribution in [0.2, 0.25) is 0 Å². The van der Waals surface area contributed by atoms with E-state index < -0.39 is 0 Å². The average molecular weight is 215 g/mol. The number of rotatable bonds is 4. The zero-order valence-electron chi connectivity index (χ0n) is 9.75. The summed E-state index contributed by atoms with van der Waals surface area (Å²) in [6.45, 7) is 6.02. The second kappa shape index (κ2) is 4.94. The van der Waals surface area contributed by atoms with Crippen LogP contribution < -0.4 is 5.32 Å². The SMILES string of the molecule is CCNCc1cn[nH]c1-c1ccc(C)cc1. The van der Waals surface area contributed by atoms with Crippen molar-refractivity contribution in [3.8, 4) is 11.3 Å². The maximum atomic E-state index is 4.11.